The van der Waals surface area contributed by atoms with Gasteiger partial charge in [-0.1, -0.05) is 35.4 Å². The van der Waals surface area contributed by atoms with Crippen molar-refractivity contribution in [2.45, 2.75) is 11.8 Å². The van der Waals surface area contributed by atoms with Crippen molar-refractivity contribution in [3.63, 3.8) is 0 Å². The fourth-order valence-electron chi connectivity index (χ4n) is 2.73. The Morgan fingerprint density at radius 1 is 0.935 bits per heavy atom. The second-order valence-electron chi connectivity index (χ2n) is 6.64. The van der Waals surface area contributed by atoms with E-state index in [0.29, 0.717) is 5.69 Å². The zero-order valence-corrected chi connectivity index (χ0v) is 18.3. The Labute approximate surface area is 185 Å². The van der Waals surface area contributed by atoms with Crippen LogP contribution in [0.25, 0.3) is 0 Å². The van der Waals surface area contributed by atoms with Crippen LogP contribution in [0, 0.1) is 6.92 Å². The van der Waals surface area contributed by atoms with E-state index in [1.54, 1.807) is 30.3 Å². The zero-order valence-electron chi connectivity index (χ0n) is 16.7. The summed E-state index contributed by atoms with van der Waals surface area (Å²) in [7, 11) is -2.58. The summed E-state index contributed by atoms with van der Waals surface area (Å²) >= 11 is 6.15. The number of nitrogens with one attached hydrogen (secondary N) is 2. The summed E-state index contributed by atoms with van der Waals surface area (Å²) in [5.74, 6) is -1.11. The Bertz CT molecular complexity index is 1240. The summed E-state index contributed by atoms with van der Waals surface area (Å²) in [4.78, 5) is 24.5. The first kappa shape index (κ1) is 22.3. The second-order valence-corrected chi connectivity index (χ2v) is 8.73. The molecule has 9 heteroatoms. The Kier molecular flexibility index (Phi) is 6.62. The number of aryl methyl sites for hydroxylation is 1. The number of benzene rings is 3. The Hall–Kier alpha value is -3.36. The predicted molar refractivity (Wildman–Crippen MR) is 119 cm³/mol. The molecule has 0 atom stereocenters. The fourth-order valence-corrected chi connectivity index (χ4v) is 3.99. The third-order valence-electron chi connectivity index (χ3n) is 4.34. The maximum atomic E-state index is 12.7. The van der Waals surface area contributed by atoms with Gasteiger partial charge < -0.3 is 10.1 Å². The molecule has 0 heterocycles. The van der Waals surface area contributed by atoms with Crippen LogP contribution >= 0.6 is 11.6 Å². The van der Waals surface area contributed by atoms with Crippen molar-refractivity contribution in [2.75, 3.05) is 17.1 Å². The first-order chi connectivity index (χ1) is 14.7. The van der Waals surface area contributed by atoms with Crippen molar-refractivity contribution in [1.82, 2.24) is 0 Å². The van der Waals surface area contributed by atoms with Gasteiger partial charge in [-0.05, 0) is 55.5 Å². The number of carbonyl (C=O) groups excluding carboxylic acids is 2. The molecule has 0 saturated carbocycles. The van der Waals surface area contributed by atoms with Gasteiger partial charge in [-0.3, -0.25) is 9.52 Å². The second kappa shape index (κ2) is 9.20. The largest absolute Gasteiger partial charge is 0.465 e. The van der Waals surface area contributed by atoms with Crippen LogP contribution in [0.15, 0.2) is 71.6 Å². The van der Waals surface area contributed by atoms with Crippen LogP contribution in [0.4, 0.5) is 11.4 Å². The number of rotatable bonds is 6. The van der Waals surface area contributed by atoms with Gasteiger partial charge in [0.05, 0.1) is 28.2 Å². The number of methoxy groups -OCH3 is 1. The van der Waals surface area contributed by atoms with E-state index in [1.807, 2.05) is 6.92 Å². The van der Waals surface area contributed by atoms with Crippen molar-refractivity contribution in [2.24, 2.45) is 0 Å². The Morgan fingerprint density at radius 2 is 1.65 bits per heavy atom. The Balaban J connectivity index is 1.83. The summed E-state index contributed by atoms with van der Waals surface area (Å²) < 4.78 is 32.3. The van der Waals surface area contributed by atoms with Gasteiger partial charge in [-0.25, -0.2) is 13.2 Å². The summed E-state index contributed by atoms with van der Waals surface area (Å²) in [6.45, 7) is 1.86. The topological polar surface area (TPSA) is 102 Å². The lowest BCUT2D eigenvalue weighted by molar-refractivity contribution is 0.0600. The molecule has 0 spiro atoms. The molecule has 0 bridgehead atoms. The molecule has 31 heavy (non-hydrogen) atoms. The molecule has 3 rings (SSSR count). The number of esters is 1. The van der Waals surface area contributed by atoms with Crippen LogP contribution in [0.2, 0.25) is 5.02 Å². The van der Waals surface area contributed by atoms with Gasteiger partial charge in [0.1, 0.15) is 0 Å². The van der Waals surface area contributed by atoms with Gasteiger partial charge in [0.2, 0.25) is 0 Å². The van der Waals surface area contributed by atoms with E-state index in [0.717, 1.165) is 5.56 Å². The highest BCUT2D eigenvalue weighted by molar-refractivity contribution is 7.92. The highest BCUT2D eigenvalue weighted by atomic mass is 35.5. The Morgan fingerprint density at radius 3 is 2.32 bits per heavy atom. The smallest absolute Gasteiger partial charge is 0.337 e. The first-order valence-corrected chi connectivity index (χ1v) is 10.9. The molecule has 0 aliphatic rings. The lowest BCUT2D eigenvalue weighted by Gasteiger charge is -2.12. The third-order valence-corrected chi connectivity index (χ3v) is 6.06. The number of ether oxygens (including phenoxy) is 1. The number of carbonyl (C=O) groups is 2. The molecule has 3 aromatic rings. The van der Waals surface area contributed by atoms with Crippen LogP contribution < -0.4 is 10.0 Å². The number of anilines is 2. The van der Waals surface area contributed by atoms with E-state index in [-0.39, 0.29) is 26.7 Å². The van der Waals surface area contributed by atoms with E-state index in [2.05, 4.69) is 14.8 Å². The minimum Gasteiger partial charge on any atom is -0.465 e. The molecular formula is C22H19ClN2O5S. The molecule has 7 nitrogen and oxygen atoms in total. The van der Waals surface area contributed by atoms with Crippen molar-refractivity contribution in [3.05, 3.63) is 88.4 Å². The van der Waals surface area contributed by atoms with E-state index in [9.17, 15) is 18.0 Å². The lowest BCUT2D eigenvalue weighted by Crippen LogP contribution is -2.16. The monoisotopic (exact) mass is 458 g/mol. The van der Waals surface area contributed by atoms with Crippen molar-refractivity contribution >= 4 is 44.9 Å². The van der Waals surface area contributed by atoms with Crippen molar-refractivity contribution < 1.29 is 22.7 Å². The number of hydrogen-bond acceptors (Lipinski definition) is 5. The van der Waals surface area contributed by atoms with Gasteiger partial charge in [0, 0.05) is 11.4 Å². The van der Waals surface area contributed by atoms with Crippen molar-refractivity contribution in [1.29, 1.82) is 0 Å². The molecule has 0 fully saturated rings. The molecule has 0 saturated heterocycles. The first-order valence-electron chi connectivity index (χ1n) is 9.08. The highest BCUT2D eigenvalue weighted by Gasteiger charge is 2.17. The number of hydrogen-bond donors (Lipinski definition) is 2. The van der Waals surface area contributed by atoms with Crippen LogP contribution in [0.1, 0.15) is 26.3 Å². The molecule has 1 amide bonds. The van der Waals surface area contributed by atoms with E-state index in [4.69, 9.17) is 11.6 Å². The molecule has 2 N–H and O–H groups in total. The van der Waals surface area contributed by atoms with Gasteiger partial charge >= 0.3 is 5.97 Å². The molecule has 0 unspecified atom stereocenters. The van der Waals surface area contributed by atoms with Gasteiger partial charge in [-0.15, -0.1) is 0 Å². The summed E-state index contributed by atoms with van der Waals surface area (Å²) in [6, 6.07) is 16.8. The quantitative estimate of drug-likeness (QED) is 0.530. The predicted octanol–water partition coefficient (Wildman–Crippen LogP) is 4.49. The van der Waals surface area contributed by atoms with Crippen LogP contribution in [-0.4, -0.2) is 27.4 Å². The minimum absolute atomic E-state index is 0.0641. The SMILES string of the molecule is COC(=O)c1cccc(NC(=O)c2cc(NS(=O)(=O)c3ccc(C)cc3)ccc2Cl)c1. The van der Waals surface area contributed by atoms with E-state index in [1.165, 1.54) is 43.5 Å². The normalized spacial score (nSPS) is 10.9. The van der Waals surface area contributed by atoms with Gasteiger partial charge in [0.15, 0.2) is 0 Å². The van der Waals surface area contributed by atoms with Crippen molar-refractivity contribution in [3.8, 4) is 0 Å². The standard InChI is InChI=1S/C22H19ClN2O5S/c1-14-6-9-18(10-7-14)31(28,29)25-17-8-11-20(23)19(13-17)21(26)24-16-5-3-4-15(12-16)22(27)30-2/h3-13,25H,1-2H3,(H,24,26). The van der Waals surface area contributed by atoms with Crippen LogP contribution in [0.3, 0.4) is 0 Å². The number of amides is 1. The number of halogens is 1. The highest BCUT2D eigenvalue weighted by Crippen LogP contribution is 2.24. The zero-order chi connectivity index (χ0) is 22.6. The summed E-state index contributed by atoms with van der Waals surface area (Å²) in [6.07, 6.45) is 0. The van der Waals surface area contributed by atoms with E-state index >= 15 is 0 Å². The fraction of sp³-hybridized carbons (Fsp3) is 0.0909. The summed E-state index contributed by atoms with van der Waals surface area (Å²) in [5, 5.41) is 2.78. The minimum atomic E-state index is -3.84. The number of sulfonamides is 1. The lowest BCUT2D eigenvalue weighted by atomic mass is 10.1. The summed E-state index contributed by atoms with van der Waals surface area (Å²) in [5.41, 5.74) is 1.80. The van der Waals surface area contributed by atoms with E-state index < -0.39 is 21.9 Å². The molecular weight excluding hydrogens is 440 g/mol. The molecule has 3 aromatic carbocycles. The average molecular weight is 459 g/mol. The molecule has 0 radical (unpaired) electrons. The molecule has 0 aliphatic heterocycles. The van der Waals surface area contributed by atoms with Crippen LogP contribution in [0.5, 0.6) is 0 Å². The van der Waals surface area contributed by atoms with Gasteiger partial charge in [-0.2, -0.15) is 0 Å². The average Bonchev–Trinajstić information content (AvgIpc) is 2.74. The third kappa shape index (κ3) is 5.42. The molecule has 160 valence electrons. The maximum Gasteiger partial charge on any atom is 0.337 e. The molecule has 0 aliphatic carbocycles. The van der Waals surface area contributed by atoms with Crippen LogP contribution in [-0.2, 0) is 14.8 Å². The van der Waals surface area contributed by atoms with Gasteiger partial charge in [0.25, 0.3) is 15.9 Å². The maximum absolute atomic E-state index is 12.7. The molecule has 0 aromatic heterocycles.